The number of allylic oxidation sites excluding steroid dienone is 1. The second-order valence-electron chi connectivity index (χ2n) is 4.25. The molecule has 2 N–H and O–H groups in total. The Kier molecular flexibility index (Phi) is 4.44. The maximum Gasteiger partial charge on any atom is 0.127 e. The van der Waals surface area contributed by atoms with Crippen LogP contribution in [0, 0.1) is 0 Å². The molecular weight excluding hydrogens is 242 g/mol. The van der Waals surface area contributed by atoms with Crippen molar-refractivity contribution in [3.63, 3.8) is 0 Å². The molecular formula is C14H19N3S. The quantitative estimate of drug-likeness (QED) is 0.813. The third kappa shape index (κ3) is 2.60. The number of benzene rings is 1. The van der Waals surface area contributed by atoms with E-state index in [1.807, 2.05) is 36.0 Å². The molecule has 2 aromatic rings. The molecule has 0 spiro atoms. The van der Waals surface area contributed by atoms with Crippen LogP contribution in [0.1, 0.15) is 18.3 Å². The molecule has 0 saturated heterocycles. The first-order valence-electron chi connectivity index (χ1n) is 6.08. The molecule has 0 aliphatic rings. The van der Waals surface area contributed by atoms with Gasteiger partial charge in [0.1, 0.15) is 5.82 Å². The van der Waals surface area contributed by atoms with Gasteiger partial charge in [-0.1, -0.05) is 18.2 Å². The number of nitrogens with two attached hydrogens (primary N) is 1. The molecule has 0 fully saturated rings. The van der Waals surface area contributed by atoms with Crippen LogP contribution in [0.25, 0.3) is 11.0 Å². The van der Waals surface area contributed by atoms with Gasteiger partial charge in [-0.3, -0.25) is 0 Å². The number of para-hydroxylation sites is 2. The Labute approximate surface area is 112 Å². The predicted octanol–water partition coefficient (Wildman–Crippen LogP) is 2.98. The standard InChI is InChI=1S/C14H19N3S/c1-3-9-17-13-7-5-4-6-12(13)16-14(17)11(15)8-10-18-2/h3-7,11H,1,8-10,15H2,2H3. The number of thioether (sulfide) groups is 1. The van der Waals surface area contributed by atoms with Crippen molar-refractivity contribution in [3.8, 4) is 0 Å². The minimum Gasteiger partial charge on any atom is -0.323 e. The Bertz CT molecular complexity index is 533. The second kappa shape index (κ2) is 6.07. The van der Waals surface area contributed by atoms with Crippen molar-refractivity contribution in [2.24, 2.45) is 5.73 Å². The van der Waals surface area contributed by atoms with Crippen LogP contribution in [-0.2, 0) is 6.54 Å². The van der Waals surface area contributed by atoms with Crippen LogP contribution in [0.5, 0.6) is 0 Å². The number of nitrogens with zero attached hydrogens (tertiary/aromatic N) is 2. The molecule has 0 amide bonds. The summed E-state index contributed by atoms with van der Waals surface area (Å²) in [6.07, 6.45) is 4.93. The van der Waals surface area contributed by atoms with Crippen molar-refractivity contribution in [2.45, 2.75) is 19.0 Å². The predicted molar refractivity (Wildman–Crippen MR) is 79.9 cm³/mol. The number of hydrogen-bond acceptors (Lipinski definition) is 3. The van der Waals surface area contributed by atoms with Gasteiger partial charge < -0.3 is 10.3 Å². The van der Waals surface area contributed by atoms with E-state index in [1.54, 1.807) is 0 Å². The first-order chi connectivity index (χ1) is 8.77. The highest BCUT2D eigenvalue weighted by atomic mass is 32.2. The first-order valence-corrected chi connectivity index (χ1v) is 7.48. The van der Waals surface area contributed by atoms with Crippen molar-refractivity contribution in [1.82, 2.24) is 9.55 Å². The Balaban J connectivity index is 2.41. The van der Waals surface area contributed by atoms with E-state index in [4.69, 9.17) is 5.73 Å². The summed E-state index contributed by atoms with van der Waals surface area (Å²) in [5.41, 5.74) is 8.38. The summed E-state index contributed by atoms with van der Waals surface area (Å²) in [5, 5.41) is 0. The lowest BCUT2D eigenvalue weighted by atomic mass is 10.2. The van der Waals surface area contributed by atoms with Gasteiger partial charge in [0.05, 0.1) is 17.1 Å². The lowest BCUT2D eigenvalue weighted by Crippen LogP contribution is -2.17. The van der Waals surface area contributed by atoms with Crippen molar-refractivity contribution >= 4 is 22.8 Å². The van der Waals surface area contributed by atoms with E-state index in [2.05, 4.69) is 28.5 Å². The van der Waals surface area contributed by atoms with Crippen LogP contribution in [0.15, 0.2) is 36.9 Å². The highest BCUT2D eigenvalue weighted by molar-refractivity contribution is 7.98. The minimum atomic E-state index is -0.00944. The molecule has 0 radical (unpaired) electrons. The van der Waals surface area contributed by atoms with E-state index >= 15 is 0 Å². The van der Waals surface area contributed by atoms with Gasteiger partial charge in [0.25, 0.3) is 0 Å². The summed E-state index contributed by atoms with van der Waals surface area (Å²) in [6, 6.07) is 8.13. The second-order valence-corrected chi connectivity index (χ2v) is 5.23. The molecule has 0 aliphatic carbocycles. The van der Waals surface area contributed by atoms with Crippen molar-refractivity contribution < 1.29 is 0 Å². The zero-order valence-corrected chi connectivity index (χ0v) is 11.5. The van der Waals surface area contributed by atoms with Gasteiger partial charge in [0, 0.05) is 6.54 Å². The minimum absolute atomic E-state index is 0.00944. The monoisotopic (exact) mass is 261 g/mol. The van der Waals surface area contributed by atoms with Gasteiger partial charge in [-0.25, -0.2) is 4.98 Å². The number of aromatic nitrogens is 2. The first kappa shape index (κ1) is 13.2. The van der Waals surface area contributed by atoms with Crippen LogP contribution in [-0.4, -0.2) is 21.6 Å². The summed E-state index contributed by atoms with van der Waals surface area (Å²) >= 11 is 1.81. The molecule has 0 saturated carbocycles. The molecule has 96 valence electrons. The smallest absolute Gasteiger partial charge is 0.127 e. The van der Waals surface area contributed by atoms with Gasteiger partial charge in [0.2, 0.25) is 0 Å². The average Bonchev–Trinajstić information content (AvgIpc) is 2.76. The van der Waals surface area contributed by atoms with Crippen LogP contribution >= 0.6 is 11.8 Å². The van der Waals surface area contributed by atoms with Gasteiger partial charge >= 0.3 is 0 Å². The molecule has 1 aromatic heterocycles. The third-order valence-corrected chi connectivity index (χ3v) is 3.60. The fraction of sp³-hybridized carbons (Fsp3) is 0.357. The maximum absolute atomic E-state index is 6.25. The summed E-state index contributed by atoms with van der Waals surface area (Å²) in [7, 11) is 0. The van der Waals surface area contributed by atoms with Crippen molar-refractivity contribution in [1.29, 1.82) is 0 Å². The van der Waals surface area contributed by atoms with Crippen LogP contribution in [0.3, 0.4) is 0 Å². The Morgan fingerprint density at radius 1 is 1.50 bits per heavy atom. The van der Waals surface area contributed by atoms with Gasteiger partial charge in [-0.2, -0.15) is 11.8 Å². The summed E-state index contributed by atoms with van der Waals surface area (Å²) < 4.78 is 2.16. The Morgan fingerprint density at radius 2 is 2.28 bits per heavy atom. The van der Waals surface area contributed by atoms with E-state index < -0.39 is 0 Å². The average molecular weight is 261 g/mol. The molecule has 1 unspecified atom stereocenters. The maximum atomic E-state index is 6.25. The van der Waals surface area contributed by atoms with E-state index in [0.717, 1.165) is 35.6 Å². The molecule has 18 heavy (non-hydrogen) atoms. The van der Waals surface area contributed by atoms with Gasteiger partial charge in [0.15, 0.2) is 0 Å². The van der Waals surface area contributed by atoms with E-state index in [0.29, 0.717) is 0 Å². The molecule has 1 aromatic carbocycles. The van der Waals surface area contributed by atoms with Gasteiger partial charge in [-0.05, 0) is 30.6 Å². The van der Waals surface area contributed by atoms with E-state index in [1.165, 1.54) is 0 Å². The van der Waals surface area contributed by atoms with Crippen LogP contribution in [0.2, 0.25) is 0 Å². The zero-order chi connectivity index (χ0) is 13.0. The molecule has 2 rings (SSSR count). The van der Waals surface area contributed by atoms with Crippen LogP contribution < -0.4 is 5.73 Å². The lowest BCUT2D eigenvalue weighted by Gasteiger charge is -2.12. The fourth-order valence-electron chi connectivity index (χ4n) is 2.07. The molecule has 4 heteroatoms. The molecule has 0 bridgehead atoms. The summed E-state index contributed by atoms with van der Waals surface area (Å²) in [6.45, 7) is 4.56. The summed E-state index contributed by atoms with van der Waals surface area (Å²) in [4.78, 5) is 4.67. The normalized spacial score (nSPS) is 12.8. The Hall–Kier alpha value is -1.26. The highest BCUT2D eigenvalue weighted by Gasteiger charge is 2.15. The van der Waals surface area contributed by atoms with Crippen molar-refractivity contribution in [2.75, 3.05) is 12.0 Å². The number of rotatable bonds is 6. The van der Waals surface area contributed by atoms with Crippen LogP contribution in [0.4, 0.5) is 0 Å². The summed E-state index contributed by atoms with van der Waals surface area (Å²) in [5.74, 6) is 2.02. The van der Waals surface area contributed by atoms with Gasteiger partial charge in [-0.15, -0.1) is 6.58 Å². The number of imidazole rings is 1. The molecule has 0 aliphatic heterocycles. The Morgan fingerprint density at radius 3 is 3.00 bits per heavy atom. The van der Waals surface area contributed by atoms with E-state index in [-0.39, 0.29) is 6.04 Å². The van der Waals surface area contributed by atoms with E-state index in [9.17, 15) is 0 Å². The topological polar surface area (TPSA) is 43.8 Å². The molecule has 1 atom stereocenters. The molecule has 1 heterocycles. The fourth-order valence-corrected chi connectivity index (χ4v) is 2.56. The third-order valence-electron chi connectivity index (χ3n) is 2.96. The highest BCUT2D eigenvalue weighted by Crippen LogP contribution is 2.22. The van der Waals surface area contributed by atoms with Crippen molar-refractivity contribution in [3.05, 3.63) is 42.7 Å². The zero-order valence-electron chi connectivity index (χ0n) is 10.7. The number of fused-ring (bicyclic) bond motifs is 1. The lowest BCUT2D eigenvalue weighted by molar-refractivity contribution is 0.613. The molecule has 3 nitrogen and oxygen atoms in total. The number of hydrogen-bond donors (Lipinski definition) is 1. The largest absolute Gasteiger partial charge is 0.323 e. The SMILES string of the molecule is C=CCn1c(C(N)CCSC)nc2ccccc21.